The third-order valence-electron chi connectivity index (χ3n) is 3.70. The van der Waals surface area contributed by atoms with Crippen molar-refractivity contribution in [1.82, 2.24) is 0 Å². The number of nitrogens with zero attached hydrogens (tertiary/aromatic N) is 1. The molecular formula is C17H29BrN2O. The number of amides is 1. The molecule has 1 rings (SSSR count). The molecule has 3 nitrogen and oxygen atoms in total. The van der Waals surface area contributed by atoms with E-state index in [1.54, 1.807) is 12.1 Å². The molecule has 21 heavy (non-hydrogen) atoms. The maximum Gasteiger partial charge on any atom is 0.249 e. The lowest BCUT2D eigenvalue weighted by Crippen LogP contribution is -3.00. The van der Waals surface area contributed by atoms with E-state index in [1.165, 1.54) is 57.8 Å². The van der Waals surface area contributed by atoms with Gasteiger partial charge >= 0.3 is 0 Å². The van der Waals surface area contributed by atoms with Gasteiger partial charge in [0.25, 0.3) is 0 Å². The lowest BCUT2D eigenvalue weighted by Gasteiger charge is -2.01. The van der Waals surface area contributed by atoms with Crippen LogP contribution in [0.5, 0.6) is 0 Å². The van der Waals surface area contributed by atoms with Crippen LogP contribution in [0.1, 0.15) is 75.1 Å². The lowest BCUT2D eigenvalue weighted by molar-refractivity contribution is -0.697. The first kappa shape index (κ1) is 20.1. The largest absolute Gasteiger partial charge is 1.00 e. The summed E-state index contributed by atoms with van der Waals surface area (Å²) in [7, 11) is 0. The molecular weight excluding hydrogens is 328 g/mol. The number of hydrogen-bond donors (Lipinski definition) is 1. The van der Waals surface area contributed by atoms with Crippen LogP contribution in [0.2, 0.25) is 0 Å². The molecule has 0 saturated carbocycles. The van der Waals surface area contributed by atoms with E-state index in [4.69, 9.17) is 5.73 Å². The fourth-order valence-corrected chi connectivity index (χ4v) is 2.38. The first-order chi connectivity index (χ1) is 9.74. The summed E-state index contributed by atoms with van der Waals surface area (Å²) in [6.45, 7) is 3.28. The minimum absolute atomic E-state index is 0. The molecule has 0 atom stereocenters. The molecule has 0 saturated heterocycles. The average molecular weight is 357 g/mol. The summed E-state index contributed by atoms with van der Waals surface area (Å²) >= 11 is 0. The minimum Gasteiger partial charge on any atom is -1.00 e. The Hall–Kier alpha value is -0.900. The van der Waals surface area contributed by atoms with E-state index in [0.717, 1.165) is 6.54 Å². The van der Waals surface area contributed by atoms with E-state index in [0.29, 0.717) is 5.56 Å². The number of hydrogen-bond acceptors (Lipinski definition) is 1. The van der Waals surface area contributed by atoms with Crippen molar-refractivity contribution in [3.8, 4) is 0 Å². The Morgan fingerprint density at radius 1 is 0.952 bits per heavy atom. The fraction of sp³-hybridized carbons (Fsp3) is 0.647. The van der Waals surface area contributed by atoms with Crippen molar-refractivity contribution in [2.24, 2.45) is 5.73 Å². The van der Waals surface area contributed by atoms with E-state index < -0.39 is 0 Å². The summed E-state index contributed by atoms with van der Waals surface area (Å²) in [5.74, 6) is -0.361. The number of halogens is 1. The Labute approximate surface area is 139 Å². The highest BCUT2D eigenvalue weighted by Crippen LogP contribution is 2.09. The van der Waals surface area contributed by atoms with Gasteiger partial charge in [0.1, 0.15) is 6.54 Å². The van der Waals surface area contributed by atoms with E-state index in [-0.39, 0.29) is 22.9 Å². The zero-order valence-electron chi connectivity index (χ0n) is 13.2. The van der Waals surface area contributed by atoms with Crippen LogP contribution in [-0.4, -0.2) is 5.91 Å². The SMILES string of the molecule is CCCCCCCCCCC[n+]1ccc(C(N)=O)cc1.[Br-]. The summed E-state index contributed by atoms with van der Waals surface area (Å²) in [6.07, 6.45) is 16.0. The number of pyridine rings is 1. The molecule has 4 heteroatoms. The van der Waals surface area contributed by atoms with E-state index in [9.17, 15) is 4.79 Å². The molecule has 1 aromatic rings. The molecule has 0 spiro atoms. The van der Waals surface area contributed by atoms with Gasteiger partial charge in [-0.25, -0.2) is 4.57 Å². The Bertz CT molecular complexity index is 379. The number of aryl methyl sites for hydroxylation is 1. The van der Waals surface area contributed by atoms with Crippen molar-refractivity contribution in [2.75, 3.05) is 0 Å². The number of rotatable bonds is 11. The van der Waals surface area contributed by atoms with Crippen LogP contribution in [-0.2, 0) is 6.54 Å². The van der Waals surface area contributed by atoms with Crippen LogP contribution in [0, 0.1) is 0 Å². The summed E-state index contributed by atoms with van der Waals surface area (Å²) in [4.78, 5) is 11.0. The predicted octanol–water partition coefficient (Wildman–Crippen LogP) is 0.608. The van der Waals surface area contributed by atoms with Crippen molar-refractivity contribution in [3.63, 3.8) is 0 Å². The molecule has 0 aliphatic heterocycles. The minimum atomic E-state index is -0.361. The second kappa shape index (κ2) is 12.8. The van der Waals surface area contributed by atoms with E-state index in [2.05, 4.69) is 11.5 Å². The van der Waals surface area contributed by atoms with Crippen LogP contribution in [0.4, 0.5) is 0 Å². The van der Waals surface area contributed by atoms with Gasteiger partial charge < -0.3 is 22.7 Å². The predicted molar refractivity (Wildman–Crippen MR) is 82.4 cm³/mol. The zero-order valence-corrected chi connectivity index (χ0v) is 14.8. The molecule has 1 amide bonds. The van der Waals surface area contributed by atoms with Crippen LogP contribution in [0.25, 0.3) is 0 Å². The number of unbranched alkanes of at least 4 members (excludes halogenated alkanes) is 8. The molecule has 0 unspecified atom stereocenters. The van der Waals surface area contributed by atoms with E-state index >= 15 is 0 Å². The summed E-state index contributed by atoms with van der Waals surface area (Å²) < 4.78 is 2.12. The Morgan fingerprint density at radius 2 is 1.43 bits per heavy atom. The molecule has 0 aromatic carbocycles. The van der Waals surface area contributed by atoms with Gasteiger partial charge in [0.2, 0.25) is 5.91 Å². The number of aromatic nitrogens is 1. The van der Waals surface area contributed by atoms with Crippen LogP contribution in [0.3, 0.4) is 0 Å². The third-order valence-corrected chi connectivity index (χ3v) is 3.70. The van der Waals surface area contributed by atoms with Gasteiger partial charge in [-0.15, -0.1) is 0 Å². The number of nitrogens with two attached hydrogens (primary N) is 1. The van der Waals surface area contributed by atoms with Crippen molar-refractivity contribution in [3.05, 3.63) is 30.1 Å². The first-order valence-electron chi connectivity index (χ1n) is 8.03. The number of carbonyl (C=O) groups excluding carboxylic acids is 1. The first-order valence-corrected chi connectivity index (χ1v) is 8.03. The summed E-state index contributed by atoms with van der Waals surface area (Å²) in [6, 6.07) is 3.58. The second-order valence-corrected chi connectivity index (χ2v) is 5.52. The van der Waals surface area contributed by atoms with Crippen LogP contribution < -0.4 is 27.3 Å². The quantitative estimate of drug-likeness (QED) is 0.458. The monoisotopic (exact) mass is 356 g/mol. The molecule has 1 aromatic heterocycles. The van der Waals surface area contributed by atoms with Gasteiger partial charge in [-0.3, -0.25) is 4.79 Å². The highest BCUT2D eigenvalue weighted by Gasteiger charge is 2.04. The number of primary amides is 1. The smallest absolute Gasteiger partial charge is 0.249 e. The third kappa shape index (κ3) is 9.62. The van der Waals surface area contributed by atoms with Crippen molar-refractivity contribution in [2.45, 2.75) is 71.3 Å². The second-order valence-electron chi connectivity index (χ2n) is 5.52. The van der Waals surface area contributed by atoms with Crippen LogP contribution in [0.15, 0.2) is 24.5 Å². The van der Waals surface area contributed by atoms with E-state index in [1.807, 2.05) is 12.4 Å². The lowest BCUT2D eigenvalue weighted by atomic mass is 10.1. The Balaban J connectivity index is 0.00000400. The molecule has 120 valence electrons. The maximum absolute atomic E-state index is 11.0. The number of carbonyl (C=O) groups is 1. The van der Waals surface area contributed by atoms with Gasteiger partial charge in [0.15, 0.2) is 12.4 Å². The molecule has 1 heterocycles. The summed E-state index contributed by atoms with van der Waals surface area (Å²) in [5, 5.41) is 0. The molecule has 0 aliphatic carbocycles. The van der Waals surface area contributed by atoms with Gasteiger partial charge in [0.05, 0.1) is 5.56 Å². The van der Waals surface area contributed by atoms with Crippen molar-refractivity contribution < 1.29 is 26.3 Å². The van der Waals surface area contributed by atoms with Crippen molar-refractivity contribution in [1.29, 1.82) is 0 Å². The zero-order chi connectivity index (χ0) is 14.6. The average Bonchev–Trinajstić information content (AvgIpc) is 2.46. The molecule has 0 aliphatic rings. The fourth-order valence-electron chi connectivity index (χ4n) is 2.38. The summed E-state index contributed by atoms with van der Waals surface area (Å²) in [5.41, 5.74) is 5.79. The topological polar surface area (TPSA) is 47.0 Å². The molecule has 0 radical (unpaired) electrons. The normalized spacial score (nSPS) is 10.1. The van der Waals surface area contributed by atoms with Gasteiger partial charge in [-0.05, 0) is 6.42 Å². The molecule has 2 N–H and O–H groups in total. The van der Waals surface area contributed by atoms with Gasteiger partial charge in [0, 0.05) is 18.6 Å². The Kier molecular flexibility index (Phi) is 12.3. The highest BCUT2D eigenvalue weighted by molar-refractivity contribution is 5.92. The maximum atomic E-state index is 11.0. The van der Waals surface area contributed by atoms with Crippen molar-refractivity contribution >= 4 is 5.91 Å². The molecule has 0 bridgehead atoms. The highest BCUT2D eigenvalue weighted by atomic mass is 79.9. The van der Waals surface area contributed by atoms with Gasteiger partial charge in [-0.2, -0.15) is 0 Å². The molecule has 0 fully saturated rings. The van der Waals surface area contributed by atoms with Crippen LogP contribution >= 0.6 is 0 Å². The standard InChI is InChI=1S/C17H28N2O.BrH/c1-2-3-4-5-6-7-8-9-10-13-19-14-11-16(12-15-19)17(18)20;/h11-12,14-15H,2-10,13H2,1H3,(H-,18,20);1H. The van der Waals surface area contributed by atoms with Gasteiger partial charge in [-0.1, -0.05) is 51.9 Å². The Morgan fingerprint density at radius 3 is 1.90 bits per heavy atom.